The minimum Gasteiger partial charge on any atom is -0.497 e. The second-order valence-electron chi connectivity index (χ2n) is 5.25. The van der Waals surface area contributed by atoms with Gasteiger partial charge in [0.25, 0.3) is 0 Å². The highest BCUT2D eigenvalue weighted by Crippen LogP contribution is 2.29. The molecule has 0 bridgehead atoms. The van der Waals surface area contributed by atoms with Gasteiger partial charge in [-0.25, -0.2) is 0 Å². The Morgan fingerprint density at radius 3 is 2.35 bits per heavy atom. The van der Waals surface area contributed by atoms with Gasteiger partial charge in [-0.2, -0.15) is 0 Å². The van der Waals surface area contributed by atoms with Gasteiger partial charge < -0.3 is 14.8 Å². The molecule has 23 heavy (non-hydrogen) atoms. The summed E-state index contributed by atoms with van der Waals surface area (Å²) < 4.78 is 10.6. The van der Waals surface area contributed by atoms with Crippen molar-refractivity contribution in [3.63, 3.8) is 0 Å². The first-order valence-corrected chi connectivity index (χ1v) is 7.32. The number of benzene rings is 2. The number of anilines is 1. The Kier molecular flexibility index (Phi) is 5.41. The van der Waals surface area contributed by atoms with Crippen molar-refractivity contribution in [2.75, 3.05) is 19.5 Å². The summed E-state index contributed by atoms with van der Waals surface area (Å²) in [5.74, 6) is 1.20. The van der Waals surface area contributed by atoms with Crippen LogP contribution in [-0.2, 0) is 4.79 Å². The average Bonchev–Trinajstić information content (AvgIpc) is 2.56. The lowest BCUT2D eigenvalue weighted by Crippen LogP contribution is -2.08. The van der Waals surface area contributed by atoms with Crippen LogP contribution in [0.3, 0.4) is 0 Å². The van der Waals surface area contributed by atoms with Gasteiger partial charge in [0.15, 0.2) is 0 Å². The first-order chi connectivity index (χ1) is 11.0. The summed E-state index contributed by atoms with van der Waals surface area (Å²) in [5.41, 5.74) is 3.59. The van der Waals surface area contributed by atoms with Crippen LogP contribution in [0.15, 0.2) is 48.5 Å². The second-order valence-corrected chi connectivity index (χ2v) is 5.25. The molecule has 0 spiro atoms. The lowest BCUT2D eigenvalue weighted by atomic mass is 10.1. The zero-order valence-electron chi connectivity index (χ0n) is 13.8. The van der Waals surface area contributed by atoms with E-state index in [4.69, 9.17) is 9.47 Å². The molecule has 2 rings (SSSR count). The van der Waals surface area contributed by atoms with Gasteiger partial charge in [-0.05, 0) is 43.7 Å². The standard InChI is InChI=1S/C19H21NO3/c1-13-5-7-15(8-6-13)20-19(21)11-14(2)17-10-9-16(22-3)12-18(17)23-4/h5-12H,1-4H3,(H,20,21)/b14-11+. The van der Waals surface area contributed by atoms with Gasteiger partial charge in [-0.1, -0.05) is 17.7 Å². The Morgan fingerprint density at radius 2 is 1.74 bits per heavy atom. The van der Waals surface area contributed by atoms with Gasteiger partial charge >= 0.3 is 0 Å². The molecule has 0 radical (unpaired) electrons. The highest BCUT2D eigenvalue weighted by Gasteiger charge is 2.08. The summed E-state index contributed by atoms with van der Waals surface area (Å²) in [6, 6.07) is 13.2. The molecule has 0 atom stereocenters. The van der Waals surface area contributed by atoms with Gasteiger partial charge in [-0.15, -0.1) is 0 Å². The van der Waals surface area contributed by atoms with E-state index in [0.29, 0.717) is 11.5 Å². The Hall–Kier alpha value is -2.75. The summed E-state index contributed by atoms with van der Waals surface area (Å²) in [6.45, 7) is 3.88. The molecular formula is C19H21NO3. The molecule has 0 aliphatic carbocycles. The van der Waals surface area contributed by atoms with Crippen molar-refractivity contribution >= 4 is 17.2 Å². The van der Waals surface area contributed by atoms with E-state index in [1.165, 1.54) is 0 Å². The average molecular weight is 311 g/mol. The van der Waals surface area contributed by atoms with E-state index in [-0.39, 0.29) is 5.91 Å². The quantitative estimate of drug-likeness (QED) is 0.847. The summed E-state index contributed by atoms with van der Waals surface area (Å²) >= 11 is 0. The lowest BCUT2D eigenvalue weighted by Gasteiger charge is -2.11. The van der Waals surface area contributed by atoms with Crippen LogP contribution in [0.5, 0.6) is 11.5 Å². The number of hydrogen-bond acceptors (Lipinski definition) is 3. The zero-order valence-corrected chi connectivity index (χ0v) is 13.8. The summed E-state index contributed by atoms with van der Waals surface area (Å²) in [6.07, 6.45) is 1.56. The second kappa shape index (κ2) is 7.49. The van der Waals surface area contributed by atoms with Gasteiger partial charge in [-0.3, -0.25) is 4.79 Å². The first-order valence-electron chi connectivity index (χ1n) is 7.32. The van der Waals surface area contributed by atoms with Crippen molar-refractivity contribution in [3.8, 4) is 11.5 Å². The van der Waals surface area contributed by atoms with Gasteiger partial charge in [0.1, 0.15) is 11.5 Å². The maximum atomic E-state index is 12.2. The number of carbonyl (C=O) groups is 1. The van der Waals surface area contributed by atoms with Crippen molar-refractivity contribution in [1.82, 2.24) is 0 Å². The number of allylic oxidation sites excluding steroid dienone is 1. The van der Waals surface area contributed by atoms with Crippen LogP contribution in [0.1, 0.15) is 18.1 Å². The van der Waals surface area contributed by atoms with Crippen LogP contribution in [-0.4, -0.2) is 20.1 Å². The SMILES string of the molecule is COc1ccc(/C(C)=C/C(=O)Nc2ccc(C)cc2)c(OC)c1. The maximum absolute atomic E-state index is 12.2. The van der Waals surface area contributed by atoms with Crippen LogP contribution >= 0.6 is 0 Å². The van der Waals surface area contributed by atoms with Crippen molar-refractivity contribution < 1.29 is 14.3 Å². The van der Waals surface area contributed by atoms with E-state index in [9.17, 15) is 4.79 Å². The molecule has 1 N–H and O–H groups in total. The van der Waals surface area contributed by atoms with Gasteiger partial charge in [0.2, 0.25) is 5.91 Å². The number of hydrogen-bond donors (Lipinski definition) is 1. The number of ether oxygens (including phenoxy) is 2. The molecule has 2 aromatic carbocycles. The number of aryl methyl sites for hydroxylation is 1. The fourth-order valence-electron chi connectivity index (χ4n) is 2.21. The largest absolute Gasteiger partial charge is 0.497 e. The predicted molar refractivity (Wildman–Crippen MR) is 93.0 cm³/mol. The molecule has 1 amide bonds. The van der Waals surface area contributed by atoms with Crippen LogP contribution in [0.2, 0.25) is 0 Å². The topological polar surface area (TPSA) is 47.6 Å². The Balaban J connectivity index is 2.18. The fourth-order valence-corrected chi connectivity index (χ4v) is 2.21. The molecule has 120 valence electrons. The molecule has 4 nitrogen and oxygen atoms in total. The zero-order chi connectivity index (χ0) is 16.8. The minimum atomic E-state index is -0.177. The minimum absolute atomic E-state index is 0.177. The maximum Gasteiger partial charge on any atom is 0.248 e. The molecule has 4 heteroatoms. The summed E-state index contributed by atoms with van der Waals surface area (Å²) in [5, 5.41) is 2.85. The Bertz CT molecular complexity index is 718. The molecule has 0 unspecified atom stereocenters. The number of amides is 1. The van der Waals surface area contributed by atoms with E-state index >= 15 is 0 Å². The Labute approximate surface area is 136 Å². The highest BCUT2D eigenvalue weighted by atomic mass is 16.5. The van der Waals surface area contributed by atoms with E-state index < -0.39 is 0 Å². The van der Waals surface area contributed by atoms with E-state index in [1.807, 2.05) is 50.2 Å². The van der Waals surface area contributed by atoms with Crippen molar-refractivity contribution in [3.05, 3.63) is 59.7 Å². The number of nitrogens with one attached hydrogen (secondary N) is 1. The summed E-state index contributed by atoms with van der Waals surface area (Å²) in [7, 11) is 3.20. The number of methoxy groups -OCH3 is 2. The fraction of sp³-hybridized carbons (Fsp3) is 0.211. The molecule has 0 heterocycles. The monoisotopic (exact) mass is 311 g/mol. The van der Waals surface area contributed by atoms with Gasteiger partial charge in [0.05, 0.1) is 14.2 Å². The molecular weight excluding hydrogens is 290 g/mol. The van der Waals surface area contributed by atoms with Crippen molar-refractivity contribution in [2.45, 2.75) is 13.8 Å². The van der Waals surface area contributed by atoms with Crippen molar-refractivity contribution in [2.24, 2.45) is 0 Å². The molecule has 0 aliphatic heterocycles. The van der Waals surface area contributed by atoms with Crippen LogP contribution in [0.4, 0.5) is 5.69 Å². The van der Waals surface area contributed by atoms with E-state index in [0.717, 1.165) is 22.4 Å². The first kappa shape index (κ1) is 16.6. The van der Waals surface area contributed by atoms with Gasteiger partial charge in [0, 0.05) is 23.4 Å². The van der Waals surface area contributed by atoms with Crippen LogP contribution < -0.4 is 14.8 Å². The number of carbonyl (C=O) groups excluding carboxylic acids is 1. The third kappa shape index (κ3) is 4.36. The molecule has 0 saturated heterocycles. The smallest absolute Gasteiger partial charge is 0.248 e. The van der Waals surface area contributed by atoms with E-state index in [2.05, 4.69) is 5.32 Å². The van der Waals surface area contributed by atoms with Crippen LogP contribution in [0, 0.1) is 6.92 Å². The molecule has 0 fully saturated rings. The lowest BCUT2D eigenvalue weighted by molar-refractivity contribution is -0.111. The normalized spacial score (nSPS) is 11.0. The third-order valence-corrected chi connectivity index (χ3v) is 3.50. The summed E-state index contributed by atoms with van der Waals surface area (Å²) in [4.78, 5) is 12.2. The van der Waals surface area contributed by atoms with Crippen LogP contribution in [0.25, 0.3) is 5.57 Å². The predicted octanol–water partition coefficient (Wildman–Crippen LogP) is 4.05. The molecule has 0 saturated carbocycles. The molecule has 2 aromatic rings. The number of rotatable bonds is 5. The van der Waals surface area contributed by atoms with Crippen molar-refractivity contribution in [1.29, 1.82) is 0 Å². The van der Waals surface area contributed by atoms with E-state index in [1.54, 1.807) is 26.4 Å². The highest BCUT2D eigenvalue weighted by molar-refractivity contribution is 6.04. The third-order valence-electron chi connectivity index (χ3n) is 3.50. The Morgan fingerprint density at radius 1 is 1.04 bits per heavy atom. The molecule has 0 aromatic heterocycles. The molecule has 0 aliphatic rings.